The molecule has 2 aromatic carbocycles. The van der Waals surface area contributed by atoms with Crippen molar-refractivity contribution in [1.82, 2.24) is 0 Å². The largest absolute Gasteiger partial charge is 0.321 e. The van der Waals surface area contributed by atoms with E-state index < -0.39 is 28.9 Å². The number of benzene rings is 2. The minimum atomic E-state index is -1.00. The maximum Gasteiger partial charge on any atom is 0.261 e. The standard InChI is InChI=1S/C14H8Br2F3NO/c1-6-2-8(16)9(17)5-12(6)20-14(21)13-10(18)3-7(15)4-11(13)19/h2-5H,1H3,(H,20,21). The summed E-state index contributed by atoms with van der Waals surface area (Å²) in [5.41, 5.74) is -0.0297. The second-order valence-electron chi connectivity index (χ2n) is 4.28. The average molecular weight is 423 g/mol. The predicted molar refractivity (Wildman–Crippen MR) is 80.8 cm³/mol. The summed E-state index contributed by atoms with van der Waals surface area (Å²) < 4.78 is 41.3. The summed E-state index contributed by atoms with van der Waals surface area (Å²) in [6, 6.07) is 4.49. The third-order valence-corrected chi connectivity index (χ3v) is 3.81. The molecule has 2 nitrogen and oxygen atoms in total. The summed E-state index contributed by atoms with van der Waals surface area (Å²) in [7, 11) is 0. The summed E-state index contributed by atoms with van der Waals surface area (Å²) in [5.74, 6) is -3.58. The molecule has 0 aromatic heterocycles. The molecular weight excluding hydrogens is 415 g/mol. The van der Waals surface area contributed by atoms with Gasteiger partial charge < -0.3 is 5.32 Å². The zero-order chi connectivity index (χ0) is 15.7. The summed E-state index contributed by atoms with van der Waals surface area (Å²) in [4.78, 5) is 12.0. The lowest BCUT2D eigenvalue weighted by molar-refractivity contribution is 0.101. The maximum absolute atomic E-state index is 13.7. The molecule has 1 amide bonds. The highest BCUT2D eigenvalue weighted by Crippen LogP contribution is 2.25. The Labute approximate surface area is 135 Å². The van der Waals surface area contributed by atoms with E-state index in [4.69, 9.17) is 0 Å². The van der Waals surface area contributed by atoms with Crippen LogP contribution in [0.1, 0.15) is 15.9 Å². The van der Waals surface area contributed by atoms with Crippen LogP contribution in [0.25, 0.3) is 0 Å². The Balaban J connectivity index is 2.37. The number of halogens is 5. The van der Waals surface area contributed by atoms with Gasteiger partial charge in [0.05, 0.1) is 4.47 Å². The van der Waals surface area contributed by atoms with Gasteiger partial charge in [-0.2, -0.15) is 0 Å². The number of hydrogen-bond acceptors (Lipinski definition) is 1. The van der Waals surface area contributed by atoms with Gasteiger partial charge in [0.1, 0.15) is 23.0 Å². The van der Waals surface area contributed by atoms with Crippen LogP contribution >= 0.6 is 31.9 Å². The topological polar surface area (TPSA) is 29.1 Å². The second-order valence-corrected chi connectivity index (χ2v) is 6.05. The van der Waals surface area contributed by atoms with Gasteiger partial charge in [-0.3, -0.25) is 4.79 Å². The minimum Gasteiger partial charge on any atom is -0.321 e. The highest BCUT2D eigenvalue weighted by atomic mass is 79.9. The Bertz CT molecular complexity index is 711. The fourth-order valence-corrected chi connectivity index (χ4v) is 2.58. The molecule has 2 aromatic rings. The van der Waals surface area contributed by atoms with Gasteiger partial charge in [-0.1, -0.05) is 15.9 Å². The molecule has 0 aliphatic carbocycles. The molecule has 7 heteroatoms. The van der Waals surface area contributed by atoms with Crippen LogP contribution in [0.15, 0.2) is 33.2 Å². The fraction of sp³-hybridized carbons (Fsp3) is 0.0714. The van der Waals surface area contributed by atoms with E-state index in [1.54, 1.807) is 6.92 Å². The van der Waals surface area contributed by atoms with E-state index in [-0.39, 0.29) is 14.6 Å². The first-order valence-corrected chi connectivity index (χ1v) is 7.29. The van der Waals surface area contributed by atoms with Crippen LogP contribution in [0, 0.1) is 24.4 Å². The Morgan fingerprint density at radius 2 is 1.57 bits per heavy atom. The normalized spacial score (nSPS) is 10.6. The smallest absolute Gasteiger partial charge is 0.261 e. The monoisotopic (exact) mass is 421 g/mol. The van der Waals surface area contributed by atoms with E-state index in [2.05, 4.69) is 37.2 Å². The SMILES string of the molecule is Cc1cc(Br)c(F)cc1NC(=O)c1c(F)cc(Br)cc1F. The van der Waals surface area contributed by atoms with Crippen LogP contribution in [-0.4, -0.2) is 5.91 Å². The highest BCUT2D eigenvalue weighted by Gasteiger charge is 2.19. The third kappa shape index (κ3) is 3.47. The predicted octanol–water partition coefficient (Wildman–Crippen LogP) is 5.19. The summed E-state index contributed by atoms with van der Waals surface area (Å²) in [5, 5.41) is 2.30. The second kappa shape index (κ2) is 6.19. The van der Waals surface area contributed by atoms with Crippen LogP contribution in [-0.2, 0) is 0 Å². The number of carbonyl (C=O) groups excluding carboxylic acids is 1. The molecule has 0 aliphatic rings. The third-order valence-electron chi connectivity index (χ3n) is 2.75. The molecule has 0 saturated heterocycles. The molecule has 0 saturated carbocycles. The molecule has 21 heavy (non-hydrogen) atoms. The molecule has 0 heterocycles. The van der Waals surface area contributed by atoms with Crippen LogP contribution < -0.4 is 5.32 Å². The van der Waals surface area contributed by atoms with E-state index in [0.717, 1.165) is 18.2 Å². The molecule has 1 N–H and O–H groups in total. The van der Waals surface area contributed by atoms with Gasteiger partial charge in [-0.15, -0.1) is 0 Å². The van der Waals surface area contributed by atoms with Gasteiger partial charge in [-0.25, -0.2) is 13.2 Å². The minimum absolute atomic E-state index is 0.141. The molecular formula is C14H8Br2F3NO. The van der Waals surface area contributed by atoms with Crippen molar-refractivity contribution >= 4 is 43.5 Å². The van der Waals surface area contributed by atoms with Crippen molar-refractivity contribution in [3.63, 3.8) is 0 Å². The first-order chi connectivity index (χ1) is 9.79. The maximum atomic E-state index is 13.7. The van der Waals surface area contributed by atoms with Crippen LogP contribution in [0.4, 0.5) is 18.9 Å². The average Bonchev–Trinajstić information content (AvgIpc) is 2.34. The van der Waals surface area contributed by atoms with Crippen LogP contribution in [0.5, 0.6) is 0 Å². The number of anilines is 1. The molecule has 0 spiro atoms. The zero-order valence-electron chi connectivity index (χ0n) is 10.6. The molecule has 0 fully saturated rings. The molecule has 0 atom stereocenters. The van der Waals surface area contributed by atoms with Crippen LogP contribution in [0.2, 0.25) is 0 Å². The summed E-state index contributed by atoms with van der Waals surface area (Å²) >= 11 is 5.94. The molecule has 0 radical (unpaired) electrons. The highest BCUT2D eigenvalue weighted by molar-refractivity contribution is 9.10. The zero-order valence-corrected chi connectivity index (χ0v) is 13.8. The molecule has 110 valence electrons. The van der Waals surface area contributed by atoms with E-state index in [0.29, 0.717) is 5.56 Å². The van der Waals surface area contributed by atoms with Crippen molar-refractivity contribution in [2.24, 2.45) is 0 Å². The van der Waals surface area contributed by atoms with Crippen molar-refractivity contribution in [3.8, 4) is 0 Å². The van der Waals surface area contributed by atoms with Crippen molar-refractivity contribution in [1.29, 1.82) is 0 Å². The van der Waals surface area contributed by atoms with Gasteiger partial charge in [0.15, 0.2) is 0 Å². The molecule has 0 bridgehead atoms. The van der Waals surface area contributed by atoms with E-state index in [1.807, 2.05) is 0 Å². The number of carbonyl (C=O) groups is 1. The van der Waals surface area contributed by atoms with E-state index in [1.165, 1.54) is 6.07 Å². The number of nitrogens with one attached hydrogen (secondary N) is 1. The molecule has 2 rings (SSSR count). The van der Waals surface area contributed by atoms with E-state index in [9.17, 15) is 18.0 Å². The lowest BCUT2D eigenvalue weighted by Crippen LogP contribution is -2.16. The van der Waals surface area contributed by atoms with Crippen molar-refractivity contribution < 1.29 is 18.0 Å². The lowest BCUT2D eigenvalue weighted by Gasteiger charge is -2.11. The van der Waals surface area contributed by atoms with Crippen molar-refractivity contribution in [3.05, 3.63) is 61.8 Å². The van der Waals surface area contributed by atoms with Gasteiger partial charge in [0.25, 0.3) is 5.91 Å². The summed E-state index contributed by atoms with van der Waals surface area (Å²) in [6.45, 7) is 1.63. The van der Waals surface area contributed by atoms with Gasteiger partial charge >= 0.3 is 0 Å². The molecule has 0 aliphatic heterocycles. The van der Waals surface area contributed by atoms with Gasteiger partial charge in [-0.05, 0) is 52.7 Å². The summed E-state index contributed by atoms with van der Waals surface area (Å²) in [6.07, 6.45) is 0. The Hall–Kier alpha value is -1.34. The van der Waals surface area contributed by atoms with Crippen molar-refractivity contribution in [2.75, 3.05) is 5.32 Å². The van der Waals surface area contributed by atoms with Gasteiger partial charge in [0.2, 0.25) is 0 Å². The first kappa shape index (κ1) is 16.0. The number of hydrogen-bond donors (Lipinski definition) is 1. The number of rotatable bonds is 2. The number of amides is 1. The Kier molecular flexibility index (Phi) is 4.73. The molecule has 0 unspecified atom stereocenters. The quantitative estimate of drug-likeness (QED) is 0.708. The number of aryl methyl sites for hydroxylation is 1. The van der Waals surface area contributed by atoms with Gasteiger partial charge in [0, 0.05) is 10.2 Å². The van der Waals surface area contributed by atoms with Crippen LogP contribution in [0.3, 0.4) is 0 Å². The fourth-order valence-electron chi connectivity index (χ4n) is 1.72. The Morgan fingerprint density at radius 1 is 1.00 bits per heavy atom. The van der Waals surface area contributed by atoms with Crippen molar-refractivity contribution in [2.45, 2.75) is 6.92 Å². The Morgan fingerprint density at radius 3 is 2.14 bits per heavy atom. The first-order valence-electron chi connectivity index (χ1n) is 5.71. The lowest BCUT2D eigenvalue weighted by atomic mass is 10.1. The van der Waals surface area contributed by atoms with E-state index >= 15 is 0 Å².